The molecule has 3 aromatic rings. The molecule has 0 bridgehead atoms. The zero-order chi connectivity index (χ0) is 22.0. The number of ether oxygens (including phenoxy) is 1. The van der Waals surface area contributed by atoms with Crippen LogP contribution in [0, 0.1) is 5.82 Å². The number of carbonyl (C=O) groups is 1. The Labute approximate surface area is 182 Å². The molecule has 0 unspecified atom stereocenters. The number of para-hydroxylation sites is 2. The van der Waals surface area contributed by atoms with Crippen LogP contribution in [0.15, 0.2) is 48.5 Å². The van der Waals surface area contributed by atoms with Crippen LogP contribution in [-0.2, 0) is 11.3 Å². The maximum absolute atomic E-state index is 14.4. The van der Waals surface area contributed by atoms with E-state index < -0.39 is 11.7 Å². The molecule has 2 aromatic carbocycles. The molecular formula is C24H29FN4O2. The van der Waals surface area contributed by atoms with Gasteiger partial charge in [-0.25, -0.2) is 14.2 Å². The number of piperidine rings is 1. The average Bonchev–Trinajstić information content (AvgIpc) is 3.07. The first kappa shape index (κ1) is 21.2. The number of rotatable bonds is 4. The number of hydrogen-bond donors (Lipinski definition) is 1. The van der Waals surface area contributed by atoms with Crippen molar-refractivity contribution in [3.05, 3.63) is 59.9 Å². The van der Waals surface area contributed by atoms with Crippen LogP contribution in [0.25, 0.3) is 11.0 Å². The highest BCUT2D eigenvalue weighted by molar-refractivity contribution is 5.79. The van der Waals surface area contributed by atoms with Gasteiger partial charge >= 0.3 is 6.09 Å². The Bertz CT molecular complexity index is 1070. The van der Waals surface area contributed by atoms with Crippen LogP contribution in [0.2, 0.25) is 0 Å². The summed E-state index contributed by atoms with van der Waals surface area (Å²) in [5.74, 6) is 0.564. The van der Waals surface area contributed by atoms with Gasteiger partial charge in [0.05, 0.1) is 17.6 Å². The van der Waals surface area contributed by atoms with Gasteiger partial charge in [-0.1, -0.05) is 30.3 Å². The van der Waals surface area contributed by atoms with Crippen LogP contribution >= 0.6 is 0 Å². The summed E-state index contributed by atoms with van der Waals surface area (Å²) in [6.07, 6.45) is 1.39. The SMILES string of the molecule is CC(C)(C)OC(=O)N[C@@H]1CCCN(c2nc3ccccc3n2Cc2ccccc2F)C1. The highest BCUT2D eigenvalue weighted by Gasteiger charge is 2.27. The second-order valence-electron chi connectivity index (χ2n) is 9.01. The van der Waals surface area contributed by atoms with Gasteiger partial charge in [-0.05, 0) is 51.8 Å². The molecule has 1 aromatic heterocycles. The maximum atomic E-state index is 14.4. The molecule has 1 amide bonds. The van der Waals surface area contributed by atoms with Crippen molar-refractivity contribution in [1.82, 2.24) is 14.9 Å². The van der Waals surface area contributed by atoms with Gasteiger partial charge in [0.15, 0.2) is 0 Å². The number of alkyl carbamates (subject to hydrolysis) is 1. The fourth-order valence-corrected chi connectivity index (χ4v) is 4.01. The number of carbonyl (C=O) groups excluding carboxylic acids is 1. The number of hydrogen-bond acceptors (Lipinski definition) is 4. The number of imidazole rings is 1. The van der Waals surface area contributed by atoms with Gasteiger partial charge in [0.1, 0.15) is 11.4 Å². The Morgan fingerprint density at radius 2 is 1.94 bits per heavy atom. The van der Waals surface area contributed by atoms with E-state index >= 15 is 0 Å². The van der Waals surface area contributed by atoms with Crippen LogP contribution < -0.4 is 10.2 Å². The highest BCUT2D eigenvalue weighted by atomic mass is 19.1. The van der Waals surface area contributed by atoms with Crippen LogP contribution in [0.3, 0.4) is 0 Å². The minimum atomic E-state index is -0.536. The first-order chi connectivity index (χ1) is 14.8. The first-order valence-corrected chi connectivity index (χ1v) is 10.7. The quantitative estimate of drug-likeness (QED) is 0.659. The summed E-state index contributed by atoms with van der Waals surface area (Å²) in [5.41, 5.74) is 1.91. The summed E-state index contributed by atoms with van der Waals surface area (Å²) in [4.78, 5) is 19.3. The fourth-order valence-electron chi connectivity index (χ4n) is 4.01. The Hall–Kier alpha value is -3.09. The van der Waals surface area contributed by atoms with Gasteiger partial charge in [-0.15, -0.1) is 0 Å². The van der Waals surface area contributed by atoms with Gasteiger partial charge in [-0.2, -0.15) is 0 Å². The van der Waals surface area contributed by atoms with Gasteiger partial charge < -0.3 is 19.5 Å². The van der Waals surface area contributed by atoms with E-state index in [1.165, 1.54) is 6.07 Å². The molecule has 7 heteroatoms. The molecule has 0 radical (unpaired) electrons. The third-order valence-corrected chi connectivity index (χ3v) is 5.35. The summed E-state index contributed by atoms with van der Waals surface area (Å²) in [6.45, 7) is 7.40. The van der Waals surface area contributed by atoms with E-state index in [2.05, 4.69) is 14.8 Å². The van der Waals surface area contributed by atoms with Crippen molar-refractivity contribution in [2.45, 2.75) is 51.8 Å². The molecule has 1 aliphatic rings. The molecule has 2 heterocycles. The first-order valence-electron chi connectivity index (χ1n) is 10.7. The largest absolute Gasteiger partial charge is 0.444 e. The van der Waals surface area contributed by atoms with E-state index in [1.54, 1.807) is 12.1 Å². The van der Waals surface area contributed by atoms with Crippen molar-refractivity contribution in [2.24, 2.45) is 0 Å². The van der Waals surface area contributed by atoms with Crippen LogP contribution in [-0.4, -0.2) is 40.4 Å². The lowest BCUT2D eigenvalue weighted by atomic mass is 10.1. The van der Waals surface area contributed by atoms with Gasteiger partial charge in [0.25, 0.3) is 0 Å². The van der Waals surface area contributed by atoms with Gasteiger partial charge in [0.2, 0.25) is 5.95 Å². The molecule has 1 N–H and O–H groups in total. The maximum Gasteiger partial charge on any atom is 0.407 e. The molecule has 1 saturated heterocycles. The van der Waals surface area contributed by atoms with Crippen molar-refractivity contribution >= 4 is 23.1 Å². The predicted molar refractivity (Wildman–Crippen MR) is 120 cm³/mol. The Balaban J connectivity index is 1.60. The number of aromatic nitrogens is 2. The molecule has 1 aliphatic heterocycles. The van der Waals surface area contributed by atoms with E-state index in [4.69, 9.17) is 9.72 Å². The average molecular weight is 425 g/mol. The number of anilines is 1. The standard InChI is InChI=1S/C24H29FN4O2/c1-24(2,3)31-23(30)26-18-10-8-14-28(16-18)22-27-20-12-6-7-13-21(20)29(22)15-17-9-4-5-11-19(17)25/h4-7,9,11-13,18H,8,10,14-16H2,1-3H3,(H,26,30)/t18-/m1/s1. The van der Waals surface area contributed by atoms with Crippen molar-refractivity contribution in [3.8, 4) is 0 Å². The summed E-state index contributed by atoms with van der Waals surface area (Å²) >= 11 is 0. The summed E-state index contributed by atoms with van der Waals surface area (Å²) in [7, 11) is 0. The Morgan fingerprint density at radius 3 is 2.71 bits per heavy atom. The molecule has 6 nitrogen and oxygen atoms in total. The van der Waals surface area contributed by atoms with E-state index in [-0.39, 0.29) is 11.9 Å². The molecule has 0 spiro atoms. The predicted octanol–water partition coefficient (Wildman–Crippen LogP) is 4.72. The zero-order valence-corrected chi connectivity index (χ0v) is 18.3. The second kappa shape index (κ2) is 8.57. The summed E-state index contributed by atoms with van der Waals surface area (Å²) in [6, 6.07) is 14.7. The molecule has 0 aliphatic carbocycles. The number of fused-ring (bicyclic) bond motifs is 1. The number of benzene rings is 2. The van der Waals surface area contributed by atoms with Gasteiger partial charge in [0, 0.05) is 24.7 Å². The molecule has 164 valence electrons. The molecule has 1 fully saturated rings. The monoisotopic (exact) mass is 424 g/mol. The van der Waals surface area contributed by atoms with E-state index in [0.717, 1.165) is 36.4 Å². The number of amides is 1. The van der Waals surface area contributed by atoms with Crippen molar-refractivity contribution in [1.29, 1.82) is 0 Å². The molecule has 0 saturated carbocycles. The lowest BCUT2D eigenvalue weighted by Gasteiger charge is -2.34. The van der Waals surface area contributed by atoms with Crippen LogP contribution in [0.4, 0.5) is 15.1 Å². The van der Waals surface area contributed by atoms with Crippen molar-refractivity contribution in [2.75, 3.05) is 18.0 Å². The molecular weight excluding hydrogens is 395 g/mol. The lowest BCUT2D eigenvalue weighted by molar-refractivity contribution is 0.0500. The third-order valence-electron chi connectivity index (χ3n) is 5.35. The molecule has 1 atom stereocenters. The fraction of sp³-hybridized carbons (Fsp3) is 0.417. The molecule has 4 rings (SSSR count). The van der Waals surface area contributed by atoms with E-state index in [1.807, 2.05) is 51.1 Å². The van der Waals surface area contributed by atoms with Crippen molar-refractivity contribution in [3.63, 3.8) is 0 Å². The Morgan fingerprint density at radius 1 is 1.19 bits per heavy atom. The normalized spacial score (nSPS) is 17.0. The minimum absolute atomic E-state index is 0.0367. The number of nitrogens with zero attached hydrogens (tertiary/aromatic N) is 3. The Kier molecular flexibility index (Phi) is 5.85. The third kappa shape index (κ3) is 4.98. The number of halogens is 1. The van der Waals surface area contributed by atoms with E-state index in [0.29, 0.717) is 18.7 Å². The van der Waals surface area contributed by atoms with Crippen LogP contribution in [0.1, 0.15) is 39.2 Å². The minimum Gasteiger partial charge on any atom is -0.444 e. The van der Waals surface area contributed by atoms with Crippen LogP contribution in [0.5, 0.6) is 0 Å². The van der Waals surface area contributed by atoms with E-state index in [9.17, 15) is 9.18 Å². The van der Waals surface area contributed by atoms with Gasteiger partial charge in [-0.3, -0.25) is 0 Å². The summed E-state index contributed by atoms with van der Waals surface area (Å²) in [5, 5.41) is 2.99. The molecule has 31 heavy (non-hydrogen) atoms. The second-order valence-corrected chi connectivity index (χ2v) is 9.01. The number of nitrogens with one attached hydrogen (secondary N) is 1. The summed E-state index contributed by atoms with van der Waals surface area (Å²) < 4.78 is 21.9. The topological polar surface area (TPSA) is 59.4 Å². The van der Waals surface area contributed by atoms with Crippen molar-refractivity contribution < 1.29 is 13.9 Å². The highest BCUT2D eigenvalue weighted by Crippen LogP contribution is 2.27. The lowest BCUT2D eigenvalue weighted by Crippen LogP contribution is -2.49. The smallest absolute Gasteiger partial charge is 0.407 e. The zero-order valence-electron chi connectivity index (χ0n) is 18.3.